The van der Waals surface area contributed by atoms with E-state index in [1.54, 1.807) is 24.3 Å². The lowest BCUT2D eigenvalue weighted by Gasteiger charge is -2.09. The molecular formula is C15H19ClN4O2S. The van der Waals surface area contributed by atoms with Crippen LogP contribution in [0, 0.1) is 5.92 Å². The number of aromatic nitrogens is 2. The maximum atomic E-state index is 12.2. The first kappa shape index (κ1) is 17.5. The topological polar surface area (TPSA) is 84.0 Å². The van der Waals surface area contributed by atoms with E-state index in [2.05, 4.69) is 34.1 Å². The minimum atomic E-state index is -3.73. The second kappa shape index (κ2) is 7.61. The number of benzene rings is 1. The van der Waals surface area contributed by atoms with E-state index in [0.29, 0.717) is 16.8 Å². The lowest BCUT2D eigenvalue weighted by Crippen LogP contribution is -2.14. The van der Waals surface area contributed by atoms with Crippen LogP contribution in [0.15, 0.2) is 41.3 Å². The van der Waals surface area contributed by atoms with Gasteiger partial charge in [0.2, 0.25) is 0 Å². The molecule has 0 atom stereocenters. The van der Waals surface area contributed by atoms with E-state index in [-0.39, 0.29) is 10.7 Å². The van der Waals surface area contributed by atoms with E-state index < -0.39 is 10.0 Å². The van der Waals surface area contributed by atoms with Crippen molar-refractivity contribution in [2.45, 2.75) is 25.2 Å². The number of hydrogen-bond donors (Lipinski definition) is 2. The molecule has 0 aliphatic heterocycles. The normalized spacial score (nSPS) is 11.5. The van der Waals surface area contributed by atoms with Crippen LogP contribution in [0.2, 0.25) is 5.02 Å². The molecule has 0 aliphatic rings. The Labute approximate surface area is 141 Å². The molecule has 0 unspecified atom stereocenters. The summed E-state index contributed by atoms with van der Waals surface area (Å²) < 4.78 is 26.8. The molecule has 6 nitrogen and oxygen atoms in total. The maximum Gasteiger partial charge on any atom is 0.263 e. The molecule has 0 spiro atoms. The molecule has 1 aromatic carbocycles. The molecule has 23 heavy (non-hydrogen) atoms. The summed E-state index contributed by atoms with van der Waals surface area (Å²) in [5, 5.41) is 11.3. The van der Waals surface area contributed by atoms with Gasteiger partial charge >= 0.3 is 0 Å². The Hall–Kier alpha value is -1.86. The fourth-order valence-electron chi connectivity index (χ4n) is 1.80. The minimum Gasteiger partial charge on any atom is -0.369 e. The Morgan fingerprint density at radius 2 is 1.83 bits per heavy atom. The summed E-state index contributed by atoms with van der Waals surface area (Å²) in [6.45, 7) is 5.07. The van der Waals surface area contributed by atoms with E-state index in [9.17, 15) is 8.42 Å². The van der Waals surface area contributed by atoms with Crippen LogP contribution >= 0.6 is 11.6 Å². The highest BCUT2D eigenvalue weighted by atomic mass is 35.5. The molecule has 8 heteroatoms. The van der Waals surface area contributed by atoms with Crippen LogP contribution in [0.4, 0.5) is 11.6 Å². The minimum absolute atomic E-state index is 0.0749. The van der Waals surface area contributed by atoms with Crippen LogP contribution in [-0.2, 0) is 10.0 Å². The zero-order valence-electron chi connectivity index (χ0n) is 13.0. The van der Waals surface area contributed by atoms with Crippen molar-refractivity contribution in [2.75, 3.05) is 16.6 Å². The van der Waals surface area contributed by atoms with Crippen molar-refractivity contribution in [1.82, 2.24) is 10.2 Å². The molecule has 0 bridgehead atoms. The van der Waals surface area contributed by atoms with Gasteiger partial charge in [0, 0.05) is 11.6 Å². The van der Waals surface area contributed by atoms with Crippen molar-refractivity contribution >= 4 is 33.3 Å². The first-order valence-corrected chi connectivity index (χ1v) is 9.09. The van der Waals surface area contributed by atoms with Crippen LogP contribution in [0.1, 0.15) is 20.3 Å². The number of rotatable bonds is 7. The number of nitrogens with zero attached hydrogens (tertiary/aromatic N) is 2. The highest BCUT2D eigenvalue weighted by Crippen LogP contribution is 2.18. The fraction of sp³-hybridized carbons (Fsp3) is 0.333. The van der Waals surface area contributed by atoms with E-state index in [1.165, 1.54) is 12.1 Å². The summed E-state index contributed by atoms with van der Waals surface area (Å²) >= 11 is 5.82. The Balaban J connectivity index is 2.03. The van der Waals surface area contributed by atoms with Gasteiger partial charge in [0.25, 0.3) is 10.0 Å². The average molecular weight is 355 g/mol. The van der Waals surface area contributed by atoms with E-state index >= 15 is 0 Å². The molecule has 2 N–H and O–H groups in total. The SMILES string of the molecule is CC(C)CCNc1ccc(NS(=O)(=O)c2cccc(Cl)c2)nn1. The monoisotopic (exact) mass is 354 g/mol. The van der Waals surface area contributed by atoms with Crippen LogP contribution in [-0.4, -0.2) is 25.2 Å². The summed E-state index contributed by atoms with van der Waals surface area (Å²) in [4.78, 5) is 0.0749. The zero-order valence-corrected chi connectivity index (χ0v) is 14.5. The summed E-state index contributed by atoms with van der Waals surface area (Å²) in [7, 11) is -3.73. The van der Waals surface area contributed by atoms with Gasteiger partial charge in [0.15, 0.2) is 5.82 Å². The van der Waals surface area contributed by atoms with E-state index in [0.717, 1.165) is 13.0 Å². The Morgan fingerprint density at radius 3 is 2.43 bits per heavy atom. The molecule has 124 valence electrons. The summed E-state index contributed by atoms with van der Waals surface area (Å²) in [5.41, 5.74) is 0. The van der Waals surface area contributed by atoms with Gasteiger partial charge in [-0.05, 0) is 42.7 Å². The quantitative estimate of drug-likeness (QED) is 0.796. The van der Waals surface area contributed by atoms with Crippen LogP contribution in [0.5, 0.6) is 0 Å². The first-order valence-electron chi connectivity index (χ1n) is 7.23. The van der Waals surface area contributed by atoms with Crippen molar-refractivity contribution in [3.8, 4) is 0 Å². The van der Waals surface area contributed by atoms with E-state index in [4.69, 9.17) is 11.6 Å². The van der Waals surface area contributed by atoms with Crippen LogP contribution in [0.25, 0.3) is 0 Å². The van der Waals surface area contributed by atoms with Gasteiger partial charge in [-0.25, -0.2) is 8.42 Å². The summed E-state index contributed by atoms with van der Waals surface area (Å²) in [6.07, 6.45) is 1.02. The molecule has 0 saturated heterocycles. The Morgan fingerprint density at radius 1 is 1.13 bits per heavy atom. The first-order chi connectivity index (χ1) is 10.9. The highest BCUT2D eigenvalue weighted by molar-refractivity contribution is 7.92. The third-order valence-corrected chi connectivity index (χ3v) is 4.63. The summed E-state index contributed by atoms with van der Waals surface area (Å²) in [5.74, 6) is 1.36. The van der Waals surface area contributed by atoms with Crippen LogP contribution in [0.3, 0.4) is 0 Å². The van der Waals surface area contributed by atoms with Gasteiger partial charge in [0.05, 0.1) is 4.90 Å². The number of sulfonamides is 1. The highest BCUT2D eigenvalue weighted by Gasteiger charge is 2.15. The molecule has 2 aromatic rings. The molecule has 0 fully saturated rings. The lowest BCUT2D eigenvalue weighted by atomic mass is 10.1. The lowest BCUT2D eigenvalue weighted by molar-refractivity contribution is 0.600. The largest absolute Gasteiger partial charge is 0.369 e. The number of hydrogen-bond acceptors (Lipinski definition) is 5. The van der Waals surface area contributed by atoms with E-state index in [1.807, 2.05) is 0 Å². The standard InChI is InChI=1S/C15H19ClN4O2S/c1-11(2)8-9-17-14-6-7-15(19-18-14)20-23(21,22)13-5-3-4-12(16)10-13/h3-7,10-11H,8-9H2,1-2H3,(H,17,18)(H,19,20). The summed E-state index contributed by atoms with van der Waals surface area (Å²) in [6, 6.07) is 9.26. The molecule has 2 rings (SSSR count). The molecule has 0 aliphatic carbocycles. The Kier molecular flexibility index (Phi) is 5.79. The van der Waals surface area contributed by atoms with Crippen LogP contribution < -0.4 is 10.0 Å². The van der Waals surface area contributed by atoms with Gasteiger partial charge in [0.1, 0.15) is 5.82 Å². The average Bonchev–Trinajstić information content (AvgIpc) is 2.48. The van der Waals surface area contributed by atoms with Crippen molar-refractivity contribution in [2.24, 2.45) is 5.92 Å². The third kappa shape index (κ3) is 5.37. The van der Waals surface area contributed by atoms with Crippen molar-refractivity contribution < 1.29 is 8.42 Å². The van der Waals surface area contributed by atoms with Gasteiger partial charge in [-0.3, -0.25) is 4.72 Å². The molecule has 1 aromatic heterocycles. The molecule has 0 saturated carbocycles. The van der Waals surface area contributed by atoms with Gasteiger partial charge in [-0.1, -0.05) is 31.5 Å². The number of nitrogens with one attached hydrogen (secondary N) is 2. The van der Waals surface area contributed by atoms with Crippen molar-refractivity contribution in [1.29, 1.82) is 0 Å². The third-order valence-electron chi connectivity index (χ3n) is 3.04. The smallest absolute Gasteiger partial charge is 0.263 e. The predicted molar refractivity (Wildman–Crippen MR) is 92.2 cm³/mol. The van der Waals surface area contributed by atoms with Gasteiger partial charge in [-0.15, -0.1) is 10.2 Å². The Bertz CT molecular complexity index is 748. The molecule has 0 radical (unpaired) electrons. The number of halogens is 1. The second-order valence-electron chi connectivity index (χ2n) is 5.48. The molecule has 1 heterocycles. The number of anilines is 2. The van der Waals surface area contributed by atoms with Gasteiger partial charge < -0.3 is 5.32 Å². The zero-order chi connectivity index (χ0) is 16.9. The van der Waals surface area contributed by atoms with Crippen molar-refractivity contribution in [3.63, 3.8) is 0 Å². The predicted octanol–water partition coefficient (Wildman–Crippen LogP) is 3.39. The molecule has 0 amide bonds. The van der Waals surface area contributed by atoms with Crippen molar-refractivity contribution in [3.05, 3.63) is 41.4 Å². The maximum absolute atomic E-state index is 12.2. The second-order valence-corrected chi connectivity index (χ2v) is 7.59. The fourth-order valence-corrected chi connectivity index (χ4v) is 3.10. The molecular weight excluding hydrogens is 336 g/mol. The van der Waals surface area contributed by atoms with Gasteiger partial charge in [-0.2, -0.15) is 0 Å².